The molecular weight excluding hydrogens is 540 g/mol. The van der Waals surface area contributed by atoms with E-state index in [4.69, 9.17) is 9.97 Å². The first kappa shape index (κ1) is 29.8. The SMILES string of the molecule is C=Cc1c(C)c2cc3nc(cc4nc(cc5[nH]c(cc1[nH]2)c(C)c5C(C)C)C(C)=C4CCC(=O)O)C(CCC(=O)O)=C3C. The van der Waals surface area contributed by atoms with Gasteiger partial charge in [0.25, 0.3) is 0 Å². The van der Waals surface area contributed by atoms with Gasteiger partial charge in [0.1, 0.15) is 0 Å². The average molecular weight is 579 g/mol. The molecule has 5 rings (SSSR count). The molecule has 8 heteroatoms. The number of H-pyrrole nitrogens is 2. The van der Waals surface area contributed by atoms with E-state index in [-0.39, 0.29) is 18.8 Å². The fourth-order valence-corrected chi connectivity index (χ4v) is 6.25. The monoisotopic (exact) mass is 578 g/mol. The molecule has 8 bridgehead atoms. The Hall–Kier alpha value is -4.72. The minimum absolute atomic E-state index is 0.0248. The lowest BCUT2D eigenvalue weighted by Crippen LogP contribution is -1.97. The number of fused-ring (bicyclic) bond motifs is 8. The van der Waals surface area contributed by atoms with E-state index in [1.165, 1.54) is 5.56 Å². The zero-order chi connectivity index (χ0) is 31.2. The molecule has 3 aromatic heterocycles. The summed E-state index contributed by atoms with van der Waals surface area (Å²) in [4.78, 5) is 40.3. The van der Waals surface area contributed by atoms with Crippen molar-refractivity contribution in [3.63, 3.8) is 0 Å². The summed E-state index contributed by atoms with van der Waals surface area (Å²) in [6.07, 6.45) is 2.45. The van der Waals surface area contributed by atoms with Gasteiger partial charge in [-0.1, -0.05) is 26.5 Å². The summed E-state index contributed by atoms with van der Waals surface area (Å²) in [6.45, 7) is 16.5. The maximum Gasteiger partial charge on any atom is 0.303 e. The summed E-state index contributed by atoms with van der Waals surface area (Å²) in [5.74, 6) is -1.51. The fraction of sp³-hybridized carbons (Fsp3) is 0.314. The molecule has 0 aliphatic carbocycles. The van der Waals surface area contributed by atoms with E-state index in [9.17, 15) is 19.8 Å². The minimum Gasteiger partial charge on any atom is -0.481 e. The van der Waals surface area contributed by atoms with Crippen LogP contribution in [0.3, 0.4) is 0 Å². The quantitative estimate of drug-likeness (QED) is 0.213. The molecule has 0 unspecified atom stereocenters. The first-order chi connectivity index (χ1) is 20.4. The van der Waals surface area contributed by atoms with E-state index >= 15 is 0 Å². The molecule has 4 N–H and O–H groups in total. The van der Waals surface area contributed by atoms with Crippen LogP contribution in [0.25, 0.3) is 50.4 Å². The molecule has 222 valence electrons. The third-order valence-corrected chi connectivity index (χ3v) is 8.59. The number of carbonyl (C=O) groups is 2. The number of hydrogen-bond acceptors (Lipinski definition) is 4. The predicted octanol–water partition coefficient (Wildman–Crippen LogP) is 8.29. The molecule has 43 heavy (non-hydrogen) atoms. The largest absolute Gasteiger partial charge is 0.481 e. The van der Waals surface area contributed by atoms with Crippen molar-refractivity contribution in [3.05, 3.63) is 75.9 Å². The Balaban J connectivity index is 1.94. The Bertz CT molecular complexity index is 1920. The second kappa shape index (κ2) is 11.5. The molecule has 0 saturated carbocycles. The third kappa shape index (κ3) is 5.57. The Kier molecular flexibility index (Phi) is 7.97. The Morgan fingerprint density at radius 1 is 0.744 bits per heavy atom. The molecule has 0 fully saturated rings. The molecule has 0 spiro atoms. The van der Waals surface area contributed by atoms with Gasteiger partial charge in [-0.05, 0) is 110 Å². The number of carboxylic acid groups (broad SMARTS) is 2. The van der Waals surface area contributed by atoms with E-state index in [1.54, 1.807) is 0 Å². The molecule has 0 radical (unpaired) electrons. The first-order valence-electron chi connectivity index (χ1n) is 14.6. The summed E-state index contributed by atoms with van der Waals surface area (Å²) < 4.78 is 0. The highest BCUT2D eigenvalue weighted by molar-refractivity contribution is 5.96. The lowest BCUT2D eigenvalue weighted by Gasteiger charge is -2.05. The van der Waals surface area contributed by atoms with E-state index in [0.717, 1.165) is 72.4 Å². The van der Waals surface area contributed by atoms with Crippen LogP contribution in [-0.4, -0.2) is 42.1 Å². The maximum absolute atomic E-state index is 11.6. The second-order valence-corrected chi connectivity index (χ2v) is 11.7. The third-order valence-electron chi connectivity index (χ3n) is 8.59. The van der Waals surface area contributed by atoms with E-state index < -0.39 is 11.9 Å². The highest BCUT2D eigenvalue weighted by atomic mass is 16.4. The normalized spacial score (nSPS) is 13.3. The number of aromatic nitrogens is 4. The summed E-state index contributed by atoms with van der Waals surface area (Å²) >= 11 is 0. The number of aliphatic carboxylic acids is 2. The van der Waals surface area contributed by atoms with Crippen molar-refractivity contribution in [1.29, 1.82) is 0 Å². The number of hydrogen-bond donors (Lipinski definition) is 4. The predicted molar refractivity (Wildman–Crippen MR) is 173 cm³/mol. The van der Waals surface area contributed by atoms with Gasteiger partial charge < -0.3 is 20.2 Å². The van der Waals surface area contributed by atoms with Crippen LogP contribution < -0.4 is 0 Å². The van der Waals surface area contributed by atoms with Crippen LogP contribution in [0.5, 0.6) is 0 Å². The molecule has 0 atom stereocenters. The van der Waals surface area contributed by atoms with Crippen LogP contribution in [0.1, 0.15) is 104 Å². The number of nitrogens with one attached hydrogen (secondary N) is 2. The van der Waals surface area contributed by atoms with Crippen LogP contribution >= 0.6 is 0 Å². The van der Waals surface area contributed by atoms with Gasteiger partial charge in [0.05, 0.1) is 22.8 Å². The molecule has 8 nitrogen and oxygen atoms in total. The molecule has 2 aliphatic rings. The molecule has 0 saturated heterocycles. The van der Waals surface area contributed by atoms with Crippen LogP contribution in [0.2, 0.25) is 0 Å². The number of aromatic amines is 2. The standard InChI is InChI=1S/C35H38N4O4/c1-8-22-18(4)25-13-26-19(5)23(9-11-33(40)41)30(37-26)16-31-24(10-12-34(42)43)20(6)27(38-31)15-32-35(17(2)3)21(7)28(39-32)14-29(22)36-25/h8,13-17,36,39H,1,9-12H2,2-7H3,(H,40,41)(H,42,43). The zero-order valence-electron chi connectivity index (χ0n) is 25.6. The number of rotatable bonds is 8. The fourth-order valence-electron chi connectivity index (χ4n) is 6.25. The van der Waals surface area contributed by atoms with E-state index in [2.05, 4.69) is 56.4 Å². The van der Waals surface area contributed by atoms with Crippen molar-refractivity contribution in [2.24, 2.45) is 0 Å². The van der Waals surface area contributed by atoms with Gasteiger partial charge in [-0.15, -0.1) is 0 Å². The smallest absolute Gasteiger partial charge is 0.303 e. The number of nitrogens with zero attached hydrogens (tertiary/aromatic N) is 2. The van der Waals surface area contributed by atoms with Crippen molar-refractivity contribution in [2.45, 2.75) is 73.1 Å². The van der Waals surface area contributed by atoms with Gasteiger partial charge in [-0.2, -0.15) is 0 Å². The number of allylic oxidation sites excluding steroid dienone is 4. The van der Waals surface area contributed by atoms with Crippen molar-refractivity contribution in [1.82, 2.24) is 19.9 Å². The van der Waals surface area contributed by atoms with Gasteiger partial charge in [0.2, 0.25) is 0 Å². The van der Waals surface area contributed by atoms with Crippen LogP contribution in [0.15, 0.2) is 30.8 Å². The zero-order valence-corrected chi connectivity index (χ0v) is 25.6. The average Bonchev–Trinajstić information content (AvgIpc) is 3.59. The van der Waals surface area contributed by atoms with Crippen molar-refractivity contribution in [2.75, 3.05) is 0 Å². The molecule has 3 aromatic rings. The Morgan fingerprint density at radius 2 is 1.23 bits per heavy atom. The second-order valence-electron chi connectivity index (χ2n) is 11.7. The van der Waals surface area contributed by atoms with Crippen molar-refractivity contribution < 1.29 is 19.8 Å². The number of carboxylic acids is 2. The topological polar surface area (TPSA) is 132 Å². The molecule has 0 aromatic carbocycles. The van der Waals surface area contributed by atoms with Gasteiger partial charge >= 0.3 is 11.9 Å². The van der Waals surface area contributed by atoms with Crippen LogP contribution in [0.4, 0.5) is 0 Å². The summed E-state index contributed by atoms with van der Waals surface area (Å²) in [5, 5.41) is 19.0. The lowest BCUT2D eigenvalue weighted by molar-refractivity contribution is -0.137. The van der Waals surface area contributed by atoms with Gasteiger partial charge in [-0.3, -0.25) is 9.59 Å². The highest BCUT2D eigenvalue weighted by Gasteiger charge is 2.23. The van der Waals surface area contributed by atoms with Crippen LogP contribution in [0, 0.1) is 13.8 Å². The van der Waals surface area contributed by atoms with Gasteiger partial charge in [0.15, 0.2) is 0 Å². The summed E-state index contributed by atoms with van der Waals surface area (Å²) in [5.41, 5.74) is 14.5. The summed E-state index contributed by atoms with van der Waals surface area (Å²) in [7, 11) is 0. The lowest BCUT2D eigenvalue weighted by atomic mass is 9.97. The summed E-state index contributed by atoms with van der Waals surface area (Å²) in [6, 6.07) is 8.06. The Labute approximate surface area is 251 Å². The molecule has 2 aliphatic heterocycles. The number of aryl methyl sites for hydroxylation is 2. The highest BCUT2D eigenvalue weighted by Crippen LogP contribution is 2.38. The maximum atomic E-state index is 11.6. The van der Waals surface area contributed by atoms with Crippen molar-refractivity contribution in [3.8, 4) is 0 Å². The van der Waals surface area contributed by atoms with Gasteiger partial charge in [0, 0.05) is 40.5 Å². The molecule has 5 heterocycles. The molecule has 0 amide bonds. The van der Waals surface area contributed by atoms with Gasteiger partial charge in [-0.25, -0.2) is 9.97 Å². The van der Waals surface area contributed by atoms with E-state index in [1.807, 2.05) is 32.1 Å². The Morgan fingerprint density at radius 3 is 1.72 bits per heavy atom. The minimum atomic E-state index is -0.880. The first-order valence-corrected chi connectivity index (χ1v) is 14.6. The van der Waals surface area contributed by atoms with Crippen molar-refractivity contribution >= 4 is 62.4 Å². The van der Waals surface area contributed by atoms with Crippen LogP contribution in [-0.2, 0) is 9.59 Å². The van der Waals surface area contributed by atoms with E-state index in [0.29, 0.717) is 24.2 Å². The molecular formula is C35H38N4O4.